The minimum absolute atomic E-state index is 0.371. The molecule has 0 unspecified atom stereocenters. The lowest BCUT2D eigenvalue weighted by Gasteiger charge is -2.28. The third-order valence-electron chi connectivity index (χ3n) is 5.73. The van der Waals surface area contributed by atoms with Gasteiger partial charge in [0.1, 0.15) is 5.82 Å². The summed E-state index contributed by atoms with van der Waals surface area (Å²) in [7, 11) is 0. The number of nitrogens with zero attached hydrogens (tertiary/aromatic N) is 5. The number of hydrogen-bond donors (Lipinski definition) is 1. The van der Waals surface area contributed by atoms with Crippen molar-refractivity contribution < 1.29 is 0 Å². The second-order valence-corrected chi connectivity index (χ2v) is 8.23. The number of para-hydroxylation sites is 2. The summed E-state index contributed by atoms with van der Waals surface area (Å²) in [4.78, 5) is 16.8. The molecule has 0 spiro atoms. The average molecular weight is 399 g/mol. The van der Waals surface area contributed by atoms with Gasteiger partial charge in [0.2, 0.25) is 0 Å². The van der Waals surface area contributed by atoms with Crippen LogP contribution in [0, 0.1) is 0 Å². The Labute approximate surface area is 176 Å². The molecule has 2 aromatic heterocycles. The summed E-state index contributed by atoms with van der Waals surface area (Å²) >= 11 is 0. The smallest absolute Gasteiger partial charge is 0.159 e. The van der Waals surface area contributed by atoms with E-state index in [2.05, 4.69) is 52.6 Å². The zero-order chi connectivity index (χ0) is 20.7. The van der Waals surface area contributed by atoms with Crippen molar-refractivity contribution in [3.63, 3.8) is 0 Å². The van der Waals surface area contributed by atoms with Crippen molar-refractivity contribution in [2.24, 2.45) is 0 Å². The normalized spacial score (nSPS) is 14.4. The Hall–Kier alpha value is -3.25. The number of aromatic nitrogens is 4. The lowest BCUT2D eigenvalue weighted by atomic mass is 10.1. The fourth-order valence-corrected chi connectivity index (χ4v) is 4.26. The molecule has 0 saturated heterocycles. The second-order valence-electron chi connectivity index (χ2n) is 8.23. The Morgan fingerprint density at radius 3 is 2.63 bits per heavy atom. The van der Waals surface area contributed by atoms with Crippen molar-refractivity contribution in [3.05, 3.63) is 71.8 Å². The Bertz CT molecular complexity index is 1190. The first-order chi connectivity index (χ1) is 14.6. The van der Waals surface area contributed by atoms with Crippen molar-refractivity contribution in [2.75, 3.05) is 12.3 Å². The van der Waals surface area contributed by atoms with Crippen molar-refractivity contribution in [1.29, 1.82) is 0 Å². The lowest BCUT2D eigenvalue weighted by molar-refractivity contribution is 0.233. The molecule has 152 valence electrons. The van der Waals surface area contributed by atoms with E-state index in [0.29, 0.717) is 6.04 Å². The molecule has 2 aromatic carbocycles. The lowest BCUT2D eigenvalue weighted by Crippen LogP contribution is -2.32. The summed E-state index contributed by atoms with van der Waals surface area (Å²) in [5, 5.41) is 0. The SMILES string of the molecule is CC(C)n1c(CN2CCc3nc(-c4ccc(N)cc4)ncc3C2)nc2ccccc21. The minimum Gasteiger partial charge on any atom is -0.399 e. The molecule has 1 aliphatic heterocycles. The molecule has 0 radical (unpaired) electrons. The highest BCUT2D eigenvalue weighted by Crippen LogP contribution is 2.25. The predicted octanol–water partition coefficient (Wildman–Crippen LogP) is 4.21. The molecule has 0 saturated carbocycles. The summed E-state index contributed by atoms with van der Waals surface area (Å²) in [6, 6.07) is 16.5. The fraction of sp³-hybridized carbons (Fsp3) is 0.292. The summed E-state index contributed by atoms with van der Waals surface area (Å²) in [6.07, 6.45) is 2.90. The number of anilines is 1. The topological polar surface area (TPSA) is 72.9 Å². The number of nitrogens with two attached hydrogens (primary N) is 1. The van der Waals surface area contributed by atoms with Gasteiger partial charge in [-0.2, -0.15) is 0 Å². The Morgan fingerprint density at radius 1 is 1.03 bits per heavy atom. The van der Waals surface area contributed by atoms with Crippen LogP contribution in [0.15, 0.2) is 54.7 Å². The Kier molecular flexibility index (Phi) is 4.71. The van der Waals surface area contributed by atoms with Gasteiger partial charge >= 0.3 is 0 Å². The number of imidazole rings is 1. The highest BCUT2D eigenvalue weighted by atomic mass is 15.2. The molecule has 6 nitrogen and oxygen atoms in total. The number of nitrogen functional groups attached to an aromatic ring is 1. The molecule has 0 bridgehead atoms. The van der Waals surface area contributed by atoms with E-state index < -0.39 is 0 Å². The van der Waals surface area contributed by atoms with Gasteiger partial charge in [-0.25, -0.2) is 15.0 Å². The van der Waals surface area contributed by atoms with Crippen LogP contribution in [0.25, 0.3) is 22.4 Å². The Balaban J connectivity index is 1.38. The molecule has 0 atom stereocenters. The first-order valence-corrected chi connectivity index (χ1v) is 10.5. The molecule has 0 aliphatic carbocycles. The molecule has 1 aliphatic rings. The largest absolute Gasteiger partial charge is 0.399 e. The summed E-state index contributed by atoms with van der Waals surface area (Å²) in [5.41, 5.74) is 12.2. The zero-order valence-electron chi connectivity index (χ0n) is 17.4. The summed E-state index contributed by atoms with van der Waals surface area (Å²) in [5.74, 6) is 1.89. The van der Waals surface area contributed by atoms with E-state index in [-0.39, 0.29) is 0 Å². The van der Waals surface area contributed by atoms with Crippen LogP contribution < -0.4 is 5.73 Å². The maximum atomic E-state index is 5.79. The predicted molar refractivity (Wildman–Crippen MR) is 120 cm³/mol. The van der Waals surface area contributed by atoms with Gasteiger partial charge in [0, 0.05) is 48.6 Å². The first kappa shape index (κ1) is 18.8. The van der Waals surface area contributed by atoms with Crippen molar-refractivity contribution >= 4 is 16.7 Å². The van der Waals surface area contributed by atoms with Crippen LogP contribution in [0.4, 0.5) is 5.69 Å². The third kappa shape index (κ3) is 3.44. The Morgan fingerprint density at radius 2 is 1.83 bits per heavy atom. The van der Waals surface area contributed by atoms with E-state index in [1.54, 1.807) is 0 Å². The van der Waals surface area contributed by atoms with E-state index in [1.165, 1.54) is 11.1 Å². The van der Waals surface area contributed by atoms with Crippen LogP contribution in [0.5, 0.6) is 0 Å². The monoisotopic (exact) mass is 398 g/mol. The van der Waals surface area contributed by atoms with Gasteiger partial charge < -0.3 is 10.3 Å². The highest BCUT2D eigenvalue weighted by Gasteiger charge is 2.22. The van der Waals surface area contributed by atoms with E-state index in [1.807, 2.05) is 30.5 Å². The number of benzene rings is 2. The summed E-state index contributed by atoms with van der Waals surface area (Å²) in [6.45, 7) is 7.07. The van der Waals surface area contributed by atoms with Gasteiger partial charge in [0.15, 0.2) is 5.82 Å². The van der Waals surface area contributed by atoms with Crippen molar-refractivity contribution in [3.8, 4) is 11.4 Å². The van der Waals surface area contributed by atoms with Crippen LogP contribution in [-0.2, 0) is 19.5 Å². The van der Waals surface area contributed by atoms with Gasteiger partial charge in [-0.3, -0.25) is 4.90 Å². The average Bonchev–Trinajstić information content (AvgIpc) is 3.12. The molecule has 3 heterocycles. The van der Waals surface area contributed by atoms with Crippen LogP contribution in [0.3, 0.4) is 0 Å². The molecule has 4 aromatic rings. The standard InChI is InChI=1S/C24H26N6/c1-16(2)30-22-6-4-3-5-21(22)27-23(30)15-29-12-11-20-18(14-29)13-26-24(28-20)17-7-9-19(25)10-8-17/h3-10,13,16H,11-12,14-15,25H2,1-2H3. The van der Waals surface area contributed by atoms with E-state index >= 15 is 0 Å². The van der Waals surface area contributed by atoms with Gasteiger partial charge in [-0.1, -0.05) is 12.1 Å². The highest BCUT2D eigenvalue weighted by molar-refractivity contribution is 5.76. The number of rotatable bonds is 4. The molecular weight excluding hydrogens is 372 g/mol. The van der Waals surface area contributed by atoms with Gasteiger partial charge in [0.25, 0.3) is 0 Å². The fourth-order valence-electron chi connectivity index (χ4n) is 4.26. The van der Waals surface area contributed by atoms with Crippen LogP contribution in [-0.4, -0.2) is 31.0 Å². The molecule has 5 rings (SSSR count). The van der Waals surface area contributed by atoms with Crippen molar-refractivity contribution in [1.82, 2.24) is 24.4 Å². The minimum atomic E-state index is 0.371. The summed E-state index contributed by atoms with van der Waals surface area (Å²) < 4.78 is 2.35. The van der Waals surface area contributed by atoms with Crippen molar-refractivity contribution in [2.45, 2.75) is 39.4 Å². The maximum Gasteiger partial charge on any atom is 0.159 e. The maximum absolute atomic E-state index is 5.79. The van der Waals surface area contributed by atoms with Gasteiger partial charge in [-0.05, 0) is 50.2 Å². The van der Waals surface area contributed by atoms with Gasteiger partial charge in [-0.15, -0.1) is 0 Å². The number of fused-ring (bicyclic) bond motifs is 2. The second kappa shape index (κ2) is 7.54. The van der Waals surface area contributed by atoms with Crippen LogP contribution in [0.2, 0.25) is 0 Å². The quantitative estimate of drug-likeness (QED) is 0.521. The molecule has 0 amide bonds. The molecule has 30 heavy (non-hydrogen) atoms. The molecule has 2 N–H and O–H groups in total. The van der Waals surface area contributed by atoms with Crippen LogP contribution in [0.1, 0.15) is 37.0 Å². The van der Waals surface area contributed by atoms with E-state index in [4.69, 9.17) is 15.7 Å². The molecule has 0 fully saturated rings. The number of hydrogen-bond acceptors (Lipinski definition) is 5. The van der Waals surface area contributed by atoms with E-state index in [9.17, 15) is 0 Å². The molecule has 6 heteroatoms. The van der Waals surface area contributed by atoms with E-state index in [0.717, 1.165) is 60.2 Å². The zero-order valence-corrected chi connectivity index (χ0v) is 17.4. The first-order valence-electron chi connectivity index (χ1n) is 10.5. The third-order valence-corrected chi connectivity index (χ3v) is 5.73. The molecular formula is C24H26N6. The van der Waals surface area contributed by atoms with Crippen LogP contribution >= 0.6 is 0 Å². The van der Waals surface area contributed by atoms with Gasteiger partial charge in [0.05, 0.1) is 23.3 Å².